The van der Waals surface area contributed by atoms with Gasteiger partial charge in [0, 0.05) is 12.1 Å². The highest BCUT2D eigenvalue weighted by Crippen LogP contribution is 2.17. The van der Waals surface area contributed by atoms with Crippen molar-refractivity contribution in [1.29, 1.82) is 0 Å². The Hall–Kier alpha value is -1.95. The summed E-state index contributed by atoms with van der Waals surface area (Å²) in [7, 11) is 0. The lowest BCUT2D eigenvalue weighted by atomic mass is 10.2. The zero-order valence-corrected chi connectivity index (χ0v) is 11.0. The van der Waals surface area contributed by atoms with E-state index in [2.05, 4.69) is 5.32 Å². The highest BCUT2D eigenvalue weighted by atomic mass is 32.1. The van der Waals surface area contributed by atoms with E-state index in [0.717, 1.165) is 6.42 Å². The molecular weight excluding hydrogens is 264 g/mol. The Morgan fingerprint density at radius 1 is 1.32 bits per heavy atom. The molecular formula is C13H14N2O3S. The number of carbonyl (C=O) groups is 2. The Morgan fingerprint density at radius 3 is 2.63 bits per heavy atom. The van der Waals surface area contributed by atoms with Crippen molar-refractivity contribution >= 4 is 29.2 Å². The van der Waals surface area contributed by atoms with Gasteiger partial charge in [-0.05, 0) is 37.2 Å². The van der Waals surface area contributed by atoms with Gasteiger partial charge in [0.25, 0.3) is 5.91 Å². The molecule has 1 aliphatic rings. The van der Waals surface area contributed by atoms with Crippen LogP contribution in [0.25, 0.3) is 0 Å². The van der Waals surface area contributed by atoms with Gasteiger partial charge in [0.05, 0.1) is 0 Å². The van der Waals surface area contributed by atoms with Gasteiger partial charge in [-0.1, -0.05) is 18.2 Å². The molecule has 5 nitrogen and oxygen atoms in total. The van der Waals surface area contributed by atoms with Crippen molar-refractivity contribution in [1.82, 2.24) is 10.2 Å². The third kappa shape index (κ3) is 3.08. The number of hydrogen-bond donors (Lipinski definition) is 2. The van der Waals surface area contributed by atoms with Gasteiger partial charge in [-0.3, -0.25) is 10.1 Å². The molecule has 1 heterocycles. The number of likely N-dealkylation sites (tertiary alicyclic amines) is 1. The molecule has 0 spiro atoms. The smallest absolute Gasteiger partial charge is 0.326 e. The number of carboxylic acid groups (broad SMARTS) is 1. The van der Waals surface area contributed by atoms with E-state index in [1.54, 1.807) is 29.2 Å². The second-order valence-electron chi connectivity index (χ2n) is 4.31. The predicted molar refractivity (Wildman–Crippen MR) is 73.9 cm³/mol. The minimum atomic E-state index is -0.909. The zero-order chi connectivity index (χ0) is 13.8. The van der Waals surface area contributed by atoms with Gasteiger partial charge in [0.1, 0.15) is 6.04 Å². The third-order valence-electron chi connectivity index (χ3n) is 3.06. The number of amides is 1. The summed E-state index contributed by atoms with van der Waals surface area (Å²) in [6.07, 6.45) is 1.31. The van der Waals surface area contributed by atoms with Crippen LogP contribution in [0.1, 0.15) is 23.2 Å². The first-order valence-corrected chi connectivity index (χ1v) is 6.40. The fraction of sp³-hybridized carbons (Fsp3) is 0.308. The van der Waals surface area contributed by atoms with Crippen molar-refractivity contribution in [3.63, 3.8) is 0 Å². The number of nitrogens with zero attached hydrogens (tertiary/aromatic N) is 1. The summed E-state index contributed by atoms with van der Waals surface area (Å²) in [5.41, 5.74) is 0.496. The van der Waals surface area contributed by atoms with E-state index in [4.69, 9.17) is 17.3 Å². The van der Waals surface area contributed by atoms with Gasteiger partial charge in [-0.25, -0.2) is 4.79 Å². The summed E-state index contributed by atoms with van der Waals surface area (Å²) in [5, 5.41) is 11.8. The van der Waals surface area contributed by atoms with Crippen molar-refractivity contribution < 1.29 is 14.7 Å². The molecule has 0 radical (unpaired) electrons. The standard InChI is InChI=1S/C13H14N2O3S/c16-11(9-5-2-1-3-6-9)14-13(19)15-8-4-7-10(15)12(17)18/h1-3,5-6,10H,4,7-8H2,(H,17,18)(H,14,16,19)/t10-/m0/s1. The molecule has 2 rings (SSSR count). The lowest BCUT2D eigenvalue weighted by molar-refractivity contribution is -0.140. The van der Waals surface area contributed by atoms with E-state index < -0.39 is 12.0 Å². The van der Waals surface area contributed by atoms with E-state index in [1.807, 2.05) is 6.07 Å². The Morgan fingerprint density at radius 2 is 2.00 bits per heavy atom. The molecule has 6 heteroatoms. The van der Waals surface area contributed by atoms with Crippen molar-refractivity contribution in [2.24, 2.45) is 0 Å². The van der Waals surface area contributed by atoms with Crippen LogP contribution in [0.5, 0.6) is 0 Å². The lowest BCUT2D eigenvalue weighted by Gasteiger charge is -2.24. The van der Waals surface area contributed by atoms with Crippen LogP contribution in [0.2, 0.25) is 0 Å². The number of hydrogen-bond acceptors (Lipinski definition) is 3. The molecule has 1 aliphatic heterocycles. The first-order chi connectivity index (χ1) is 9.09. The van der Waals surface area contributed by atoms with Gasteiger partial charge in [-0.2, -0.15) is 0 Å². The molecule has 0 unspecified atom stereocenters. The van der Waals surface area contributed by atoms with Crippen molar-refractivity contribution in [3.05, 3.63) is 35.9 Å². The summed E-state index contributed by atoms with van der Waals surface area (Å²) in [4.78, 5) is 24.5. The summed E-state index contributed by atoms with van der Waals surface area (Å²) in [6, 6.07) is 8.05. The molecule has 1 aromatic rings. The number of rotatable bonds is 2. The molecule has 1 atom stereocenters. The van der Waals surface area contributed by atoms with Crippen molar-refractivity contribution in [2.45, 2.75) is 18.9 Å². The summed E-state index contributed by atoms with van der Waals surface area (Å²) < 4.78 is 0. The number of benzene rings is 1. The number of aliphatic carboxylic acids is 1. The topological polar surface area (TPSA) is 69.6 Å². The first kappa shape index (κ1) is 13.5. The summed E-state index contributed by atoms with van der Waals surface area (Å²) in [6.45, 7) is 0.560. The van der Waals surface area contributed by atoms with Gasteiger partial charge in [0.15, 0.2) is 5.11 Å². The minimum Gasteiger partial charge on any atom is -0.480 e. The normalized spacial score (nSPS) is 18.1. The SMILES string of the molecule is O=C(NC(=S)N1CCC[C@H]1C(=O)O)c1ccccc1. The maximum atomic E-state index is 11.9. The van der Waals surface area contributed by atoms with E-state index in [-0.39, 0.29) is 11.0 Å². The van der Waals surface area contributed by atoms with E-state index in [1.165, 1.54) is 0 Å². The highest BCUT2D eigenvalue weighted by Gasteiger charge is 2.32. The van der Waals surface area contributed by atoms with Gasteiger partial charge < -0.3 is 10.0 Å². The third-order valence-corrected chi connectivity index (χ3v) is 3.39. The molecule has 0 saturated carbocycles. The molecule has 1 saturated heterocycles. The maximum Gasteiger partial charge on any atom is 0.326 e. The highest BCUT2D eigenvalue weighted by molar-refractivity contribution is 7.80. The Balaban J connectivity index is 2.01. The molecule has 0 aliphatic carbocycles. The van der Waals surface area contributed by atoms with Crippen LogP contribution in [0.15, 0.2) is 30.3 Å². The molecule has 1 amide bonds. The molecule has 2 N–H and O–H groups in total. The van der Waals surface area contributed by atoms with E-state index in [0.29, 0.717) is 18.5 Å². The van der Waals surface area contributed by atoms with Crippen LogP contribution in [0.3, 0.4) is 0 Å². The summed E-state index contributed by atoms with van der Waals surface area (Å²) >= 11 is 5.12. The number of carbonyl (C=O) groups excluding carboxylic acids is 1. The predicted octanol–water partition coefficient (Wildman–Crippen LogP) is 1.25. The quantitative estimate of drug-likeness (QED) is 0.797. The van der Waals surface area contributed by atoms with Gasteiger partial charge in [-0.15, -0.1) is 0 Å². The molecule has 1 aromatic carbocycles. The van der Waals surface area contributed by atoms with E-state index >= 15 is 0 Å². The second-order valence-corrected chi connectivity index (χ2v) is 4.70. The Kier molecular flexibility index (Phi) is 4.11. The number of carboxylic acids is 1. The van der Waals surface area contributed by atoms with Crippen LogP contribution in [-0.2, 0) is 4.79 Å². The van der Waals surface area contributed by atoms with Crippen LogP contribution in [0.4, 0.5) is 0 Å². The first-order valence-electron chi connectivity index (χ1n) is 5.99. The molecule has 100 valence electrons. The van der Waals surface area contributed by atoms with Gasteiger partial charge >= 0.3 is 5.97 Å². The largest absolute Gasteiger partial charge is 0.480 e. The Bertz CT molecular complexity index is 504. The van der Waals surface area contributed by atoms with Crippen molar-refractivity contribution in [2.75, 3.05) is 6.54 Å². The van der Waals surface area contributed by atoms with Crippen LogP contribution in [-0.4, -0.2) is 39.6 Å². The average molecular weight is 278 g/mol. The molecule has 1 fully saturated rings. The molecule has 19 heavy (non-hydrogen) atoms. The lowest BCUT2D eigenvalue weighted by Crippen LogP contribution is -2.47. The van der Waals surface area contributed by atoms with Gasteiger partial charge in [0.2, 0.25) is 0 Å². The fourth-order valence-electron chi connectivity index (χ4n) is 2.10. The molecule has 0 aromatic heterocycles. The second kappa shape index (κ2) is 5.79. The van der Waals surface area contributed by atoms with Crippen LogP contribution in [0, 0.1) is 0 Å². The number of thiocarbonyl (C=S) groups is 1. The Labute approximate surface area is 116 Å². The monoisotopic (exact) mass is 278 g/mol. The summed E-state index contributed by atoms with van der Waals surface area (Å²) in [5.74, 6) is -1.23. The average Bonchev–Trinajstić information content (AvgIpc) is 2.89. The van der Waals surface area contributed by atoms with Crippen LogP contribution < -0.4 is 5.32 Å². The van der Waals surface area contributed by atoms with Crippen LogP contribution >= 0.6 is 12.2 Å². The minimum absolute atomic E-state index is 0.179. The van der Waals surface area contributed by atoms with E-state index in [9.17, 15) is 9.59 Å². The molecule has 0 bridgehead atoms. The fourth-order valence-corrected chi connectivity index (χ4v) is 2.41. The maximum absolute atomic E-state index is 11.9. The van der Waals surface area contributed by atoms with Crippen molar-refractivity contribution in [3.8, 4) is 0 Å². The number of nitrogens with one attached hydrogen (secondary N) is 1. The zero-order valence-electron chi connectivity index (χ0n) is 10.2.